The Labute approximate surface area is 850 Å². The van der Waals surface area contributed by atoms with Crippen LogP contribution >= 0.6 is 0 Å². The van der Waals surface area contributed by atoms with Gasteiger partial charge in [0.2, 0.25) is 0 Å². The molecule has 2 aliphatic carbocycles. The zero-order valence-corrected chi connectivity index (χ0v) is 80.2. The van der Waals surface area contributed by atoms with Crippen LogP contribution in [0.3, 0.4) is 0 Å². The number of anilines is 6. The largest absolute Gasteiger partial charge is 0.310 e. The molecule has 4 nitrogen and oxygen atoms in total. The number of rotatable bonds is 18. The lowest BCUT2D eigenvalue weighted by molar-refractivity contribution is 0.768. The number of nitrogens with zero attached hydrogens (tertiary/aromatic N) is 4. The monoisotopic (exact) mass is 1860 g/mol. The van der Waals surface area contributed by atoms with Crippen LogP contribution in [0.4, 0.5) is 34.1 Å². The van der Waals surface area contributed by atoms with Crippen LogP contribution in [0.1, 0.15) is 44.5 Å². The summed E-state index contributed by atoms with van der Waals surface area (Å²) in [7, 11) is 0. The Kier molecular flexibility index (Phi) is 21.4. The first-order valence-corrected chi connectivity index (χ1v) is 50.5. The summed E-state index contributed by atoms with van der Waals surface area (Å²) in [6, 6.07) is 214. The summed E-state index contributed by atoms with van der Waals surface area (Å²) >= 11 is 0. The third-order valence-corrected chi connectivity index (χ3v) is 30.5. The van der Waals surface area contributed by atoms with Crippen molar-refractivity contribution in [2.24, 2.45) is 0 Å². The summed E-state index contributed by atoms with van der Waals surface area (Å²) in [5.41, 5.74) is 41.9. The highest BCUT2D eigenvalue weighted by atomic mass is 15.1. The molecule has 0 aliphatic heterocycles. The van der Waals surface area contributed by atoms with E-state index in [1.165, 1.54) is 176 Å². The second kappa shape index (κ2) is 36.3. The second-order valence-corrected chi connectivity index (χ2v) is 38.5. The van der Waals surface area contributed by atoms with E-state index in [0.29, 0.717) is 0 Å². The van der Waals surface area contributed by atoms with E-state index in [1.54, 1.807) is 0 Å². The molecule has 0 N–H and O–H groups in total. The predicted octanol–water partition coefficient (Wildman–Crippen LogP) is 37.5. The Morgan fingerprint density at radius 3 is 0.863 bits per heavy atom. The normalized spacial score (nSPS) is 12.5. The van der Waals surface area contributed by atoms with Gasteiger partial charge in [-0.1, -0.05) is 449 Å². The van der Waals surface area contributed by atoms with Crippen LogP contribution in [0.25, 0.3) is 166 Å². The van der Waals surface area contributed by atoms with E-state index < -0.39 is 10.8 Å². The molecule has 146 heavy (non-hydrogen) atoms. The smallest absolute Gasteiger partial charge is 0.0714 e. The highest BCUT2D eigenvalue weighted by Crippen LogP contribution is 2.60. The van der Waals surface area contributed by atoms with Crippen molar-refractivity contribution < 1.29 is 0 Å². The van der Waals surface area contributed by atoms with Crippen molar-refractivity contribution in [2.75, 3.05) is 9.80 Å². The molecule has 4 heteroatoms. The fourth-order valence-corrected chi connectivity index (χ4v) is 23.8. The minimum Gasteiger partial charge on any atom is -0.310 e. The van der Waals surface area contributed by atoms with Gasteiger partial charge >= 0.3 is 0 Å². The highest BCUT2D eigenvalue weighted by Gasteiger charge is 2.48. The quantitative estimate of drug-likeness (QED) is 0.0851. The van der Waals surface area contributed by atoms with Crippen LogP contribution < -0.4 is 9.80 Å². The topological polar surface area (TPSA) is 16.3 Å². The molecular formula is C142H96N4. The van der Waals surface area contributed by atoms with Gasteiger partial charge in [0.05, 0.1) is 32.9 Å². The molecule has 0 radical (unpaired) electrons. The number of para-hydroxylation sites is 2. The van der Waals surface area contributed by atoms with Gasteiger partial charge in [-0.05, 0) is 289 Å². The number of fused-ring (bicyclic) bond motifs is 14. The molecule has 0 saturated carbocycles. The van der Waals surface area contributed by atoms with Crippen molar-refractivity contribution in [3.05, 3.63) is 627 Å². The Morgan fingerprint density at radius 2 is 0.411 bits per heavy atom. The van der Waals surface area contributed by atoms with E-state index >= 15 is 0 Å². The molecule has 24 aromatic carbocycles. The molecule has 26 aromatic rings. The first kappa shape index (κ1) is 86.1. The van der Waals surface area contributed by atoms with E-state index in [1.807, 2.05) is 0 Å². The van der Waals surface area contributed by atoms with Crippen molar-refractivity contribution in [1.29, 1.82) is 0 Å². The van der Waals surface area contributed by atoms with E-state index in [-0.39, 0.29) is 0 Å². The third kappa shape index (κ3) is 14.7. The van der Waals surface area contributed by atoms with E-state index in [2.05, 4.69) is 601 Å². The molecule has 684 valence electrons. The number of benzene rings is 24. The van der Waals surface area contributed by atoms with Crippen molar-refractivity contribution in [3.8, 4) is 100 Å². The van der Waals surface area contributed by atoms with E-state index in [0.717, 1.165) is 67.8 Å². The predicted molar refractivity (Wildman–Crippen MR) is 613 cm³/mol. The maximum atomic E-state index is 2.47. The second-order valence-electron chi connectivity index (χ2n) is 38.5. The van der Waals surface area contributed by atoms with Gasteiger partial charge in [0.15, 0.2) is 0 Å². The zero-order chi connectivity index (χ0) is 96.6. The SMILES string of the molecule is c1ccc(-c2ccc(-n3c4ccccc4c4ccc(-c5cccc(N(c6ccc(-c7ccc8ccccc8c7)cc6)c6ccc7c(c6)C(c6ccccc6)(c6ccccc6)c6ccccc6-7)c5)cc43)cc2)cc1.c1ccc(-c2ccc(N(c3cccc(-c4ccc5c6ccccc6n(-c6ccc7cc(-c8ccccc8)ccc7c6)c5c4)c3)c3ccc4c(c3)C(c3ccccc3)(c3ccccc3)c3ccccc3-4)cc2)cc1. The molecule has 0 bridgehead atoms. The van der Waals surface area contributed by atoms with Gasteiger partial charge in [0.25, 0.3) is 0 Å². The van der Waals surface area contributed by atoms with E-state index in [4.69, 9.17) is 0 Å². The summed E-state index contributed by atoms with van der Waals surface area (Å²) < 4.78 is 4.86. The fourth-order valence-electron chi connectivity index (χ4n) is 23.8. The Bertz CT molecular complexity index is 9370. The average molecular weight is 1860 g/mol. The first-order chi connectivity index (χ1) is 72.4. The van der Waals surface area contributed by atoms with Gasteiger partial charge < -0.3 is 18.9 Å². The maximum absolute atomic E-state index is 2.47. The standard InChI is InChI=1S/2C71H48N2/c1-5-18-49(19-6-1)51-34-38-59(39-35-51)72(62-41-43-64-63-28-13-15-30-67(63)71(68(64)48-62,57-23-9-3-10-24-57)58-25-11-4-12-26-58)60-27-17-22-52(45-60)56-37-42-66-65-29-14-16-31-69(65)73(70(66)47-56)61-40-36-54-44-53(32-33-55(54)46-61)50-20-7-2-8-21-50;1-4-17-49(18-5-1)51-33-40-60(41-34-51)73-69-30-15-13-28-65(69)66-43-37-56(47-70(66)73)54-21-16-26-61(46-54)72(59-38-35-52(36-39-59)55-32-31-50-19-10-11-20-53(50)45-55)62-42-44-64-63-27-12-14-29-67(63)71(68(64)48-62,57-22-6-2-7-23-57)58-24-8-3-9-25-58/h2*1-48H. The summed E-state index contributed by atoms with van der Waals surface area (Å²) in [5, 5.41) is 9.86. The molecule has 28 rings (SSSR count). The van der Waals surface area contributed by atoms with Crippen LogP contribution in [0, 0.1) is 0 Å². The van der Waals surface area contributed by atoms with Gasteiger partial charge in [-0.15, -0.1) is 0 Å². The van der Waals surface area contributed by atoms with Gasteiger partial charge in [0, 0.05) is 67.0 Å². The van der Waals surface area contributed by atoms with E-state index in [9.17, 15) is 0 Å². The van der Waals surface area contributed by atoms with Crippen LogP contribution in [0.15, 0.2) is 582 Å². The highest BCUT2D eigenvalue weighted by molar-refractivity contribution is 6.12. The summed E-state index contributed by atoms with van der Waals surface area (Å²) in [6.07, 6.45) is 0. The van der Waals surface area contributed by atoms with Gasteiger partial charge in [-0.25, -0.2) is 0 Å². The molecular weight excluding hydrogens is 1760 g/mol. The third-order valence-electron chi connectivity index (χ3n) is 30.5. The molecule has 0 unspecified atom stereocenters. The molecule has 2 heterocycles. The zero-order valence-electron chi connectivity index (χ0n) is 80.2. The van der Waals surface area contributed by atoms with Crippen molar-refractivity contribution in [1.82, 2.24) is 9.13 Å². The van der Waals surface area contributed by atoms with Crippen molar-refractivity contribution in [3.63, 3.8) is 0 Å². The lowest BCUT2D eigenvalue weighted by Gasteiger charge is -2.35. The van der Waals surface area contributed by atoms with Gasteiger partial charge in [-0.3, -0.25) is 0 Å². The molecule has 0 saturated heterocycles. The van der Waals surface area contributed by atoms with Gasteiger partial charge in [-0.2, -0.15) is 0 Å². The summed E-state index contributed by atoms with van der Waals surface area (Å²) in [6.45, 7) is 0. The van der Waals surface area contributed by atoms with Crippen molar-refractivity contribution >= 4 is 99.3 Å². The van der Waals surface area contributed by atoms with Crippen LogP contribution in [0.5, 0.6) is 0 Å². The van der Waals surface area contributed by atoms with Gasteiger partial charge in [0.1, 0.15) is 0 Å². The lowest BCUT2D eigenvalue weighted by atomic mass is 9.67. The van der Waals surface area contributed by atoms with Crippen molar-refractivity contribution in [2.45, 2.75) is 10.8 Å². The molecule has 0 amide bonds. The number of hydrogen-bond donors (Lipinski definition) is 0. The Balaban J connectivity index is 0.000000145. The van der Waals surface area contributed by atoms with Crippen LogP contribution in [-0.2, 0) is 10.8 Å². The number of aromatic nitrogens is 2. The molecule has 0 spiro atoms. The summed E-state index contributed by atoms with van der Waals surface area (Å²) in [5.74, 6) is 0. The fraction of sp³-hybridized carbons (Fsp3) is 0.0141. The lowest BCUT2D eigenvalue weighted by Crippen LogP contribution is -2.28. The Morgan fingerprint density at radius 1 is 0.137 bits per heavy atom. The minimum absolute atomic E-state index is 0.529. The summed E-state index contributed by atoms with van der Waals surface area (Å²) in [4.78, 5) is 4.89. The number of hydrogen-bond acceptors (Lipinski definition) is 2. The average Bonchev–Trinajstić information content (AvgIpc) is 1.54. The molecule has 2 aliphatic rings. The minimum atomic E-state index is -0.534. The van der Waals surface area contributed by atoms with Crippen LogP contribution in [-0.4, -0.2) is 9.13 Å². The Hall–Kier alpha value is -19.0. The molecule has 0 fully saturated rings. The molecule has 2 aromatic heterocycles. The first-order valence-electron chi connectivity index (χ1n) is 50.5. The van der Waals surface area contributed by atoms with Crippen LogP contribution in [0.2, 0.25) is 0 Å². The maximum Gasteiger partial charge on any atom is 0.0714 e. The molecule has 0 atom stereocenters.